The number of aromatic nitrogens is 2. The number of piperidine rings is 1. The van der Waals surface area contributed by atoms with E-state index in [1.165, 1.54) is 6.07 Å². The van der Waals surface area contributed by atoms with Crippen molar-refractivity contribution in [2.75, 3.05) is 48.7 Å². The molecular weight excluding hydrogens is 467 g/mol. The first-order valence-electron chi connectivity index (χ1n) is 13.0. The SMILES string of the molecule is CCNc1ccccc1NCCN1CCC(Nc2nc3ccccc3n2Cc2ccccc2F)CC1.O. The first kappa shape index (κ1) is 26.4. The highest BCUT2D eigenvalue weighted by molar-refractivity contribution is 5.78. The molecule has 37 heavy (non-hydrogen) atoms. The van der Waals surface area contributed by atoms with Crippen molar-refractivity contribution < 1.29 is 9.87 Å². The molecule has 0 spiro atoms. The third-order valence-electron chi connectivity index (χ3n) is 6.90. The Morgan fingerprint density at radius 1 is 0.892 bits per heavy atom. The van der Waals surface area contributed by atoms with E-state index in [9.17, 15) is 4.39 Å². The molecular formula is C29H37FN6O. The van der Waals surface area contributed by atoms with E-state index in [4.69, 9.17) is 4.98 Å². The number of imidazole rings is 1. The van der Waals surface area contributed by atoms with E-state index in [0.29, 0.717) is 18.2 Å². The van der Waals surface area contributed by atoms with Crippen LogP contribution in [0.1, 0.15) is 25.3 Å². The van der Waals surface area contributed by atoms with Crippen LogP contribution in [0.3, 0.4) is 0 Å². The normalized spacial score (nSPS) is 14.3. The van der Waals surface area contributed by atoms with Gasteiger partial charge in [-0.1, -0.05) is 42.5 Å². The second-order valence-corrected chi connectivity index (χ2v) is 9.36. The molecule has 5 N–H and O–H groups in total. The van der Waals surface area contributed by atoms with Gasteiger partial charge in [-0.3, -0.25) is 0 Å². The van der Waals surface area contributed by atoms with Gasteiger partial charge in [0.1, 0.15) is 5.82 Å². The van der Waals surface area contributed by atoms with Crippen molar-refractivity contribution in [2.24, 2.45) is 0 Å². The summed E-state index contributed by atoms with van der Waals surface area (Å²) in [6.07, 6.45) is 2.10. The molecule has 0 bridgehead atoms. The summed E-state index contributed by atoms with van der Waals surface area (Å²) in [7, 11) is 0. The van der Waals surface area contributed by atoms with Gasteiger partial charge < -0.3 is 30.9 Å². The minimum Gasteiger partial charge on any atom is -0.412 e. The zero-order chi connectivity index (χ0) is 24.7. The number of rotatable bonds is 10. The summed E-state index contributed by atoms with van der Waals surface area (Å²) in [5.41, 5.74) is 4.93. The Morgan fingerprint density at radius 3 is 2.32 bits per heavy atom. The molecule has 1 aromatic heterocycles. The number of hydrogen-bond donors (Lipinski definition) is 3. The molecule has 1 saturated heterocycles. The predicted octanol–water partition coefficient (Wildman–Crippen LogP) is 4.82. The van der Waals surface area contributed by atoms with Crippen molar-refractivity contribution in [2.45, 2.75) is 32.4 Å². The van der Waals surface area contributed by atoms with Gasteiger partial charge in [0, 0.05) is 44.3 Å². The van der Waals surface area contributed by atoms with E-state index in [2.05, 4.69) is 62.7 Å². The van der Waals surface area contributed by atoms with Crippen molar-refractivity contribution >= 4 is 28.4 Å². The molecule has 4 aromatic rings. The van der Waals surface area contributed by atoms with Crippen LogP contribution >= 0.6 is 0 Å². The first-order valence-corrected chi connectivity index (χ1v) is 13.0. The Kier molecular flexibility index (Phi) is 8.98. The molecule has 0 saturated carbocycles. The second kappa shape index (κ2) is 12.6. The average molecular weight is 505 g/mol. The lowest BCUT2D eigenvalue weighted by Crippen LogP contribution is -2.41. The lowest BCUT2D eigenvalue weighted by atomic mass is 10.1. The van der Waals surface area contributed by atoms with Gasteiger partial charge in [-0.2, -0.15) is 0 Å². The Labute approximate surface area is 218 Å². The van der Waals surface area contributed by atoms with Crippen LogP contribution in [0.5, 0.6) is 0 Å². The number of anilines is 3. The lowest BCUT2D eigenvalue weighted by Gasteiger charge is -2.32. The fourth-order valence-electron chi connectivity index (χ4n) is 4.96. The molecule has 0 atom stereocenters. The van der Waals surface area contributed by atoms with E-state index in [1.807, 2.05) is 30.3 Å². The Bertz CT molecular complexity index is 1280. The molecule has 8 heteroatoms. The number of halogens is 1. The van der Waals surface area contributed by atoms with E-state index >= 15 is 0 Å². The van der Waals surface area contributed by atoms with Gasteiger partial charge >= 0.3 is 0 Å². The van der Waals surface area contributed by atoms with Crippen molar-refractivity contribution in [3.8, 4) is 0 Å². The summed E-state index contributed by atoms with van der Waals surface area (Å²) in [6, 6.07) is 23.8. The van der Waals surface area contributed by atoms with E-state index in [1.54, 1.807) is 6.07 Å². The molecule has 5 rings (SSSR count). The standard InChI is InChI=1S/C29H35FN6.H2O/c1-2-31-25-11-5-6-12-26(25)32-17-20-35-18-15-23(16-19-35)33-29-34-27-13-7-8-14-28(27)36(29)21-22-9-3-4-10-24(22)30;/h3-14,23,31-32H,2,15-21H2,1H3,(H,33,34);1H2. The number of nitrogens with one attached hydrogen (secondary N) is 3. The van der Waals surface area contributed by atoms with Crippen LogP contribution in [0.25, 0.3) is 11.0 Å². The Balaban J connectivity index is 0.00000320. The Morgan fingerprint density at radius 2 is 1.57 bits per heavy atom. The number of benzene rings is 3. The molecule has 3 aromatic carbocycles. The van der Waals surface area contributed by atoms with Crippen molar-refractivity contribution in [1.29, 1.82) is 0 Å². The molecule has 1 fully saturated rings. The maximum Gasteiger partial charge on any atom is 0.204 e. The zero-order valence-electron chi connectivity index (χ0n) is 21.4. The van der Waals surface area contributed by atoms with E-state index in [-0.39, 0.29) is 11.3 Å². The van der Waals surface area contributed by atoms with Crippen molar-refractivity contribution in [1.82, 2.24) is 14.5 Å². The lowest BCUT2D eigenvalue weighted by molar-refractivity contribution is 0.226. The van der Waals surface area contributed by atoms with Gasteiger partial charge in [0.25, 0.3) is 0 Å². The number of fused-ring (bicyclic) bond motifs is 1. The number of hydrogen-bond acceptors (Lipinski definition) is 5. The third-order valence-corrected chi connectivity index (χ3v) is 6.90. The van der Waals surface area contributed by atoms with Crippen LogP contribution < -0.4 is 16.0 Å². The fourth-order valence-corrected chi connectivity index (χ4v) is 4.96. The summed E-state index contributed by atoms with van der Waals surface area (Å²) >= 11 is 0. The highest BCUT2D eigenvalue weighted by Gasteiger charge is 2.21. The summed E-state index contributed by atoms with van der Waals surface area (Å²) in [5, 5.41) is 10.7. The highest BCUT2D eigenvalue weighted by atomic mass is 19.1. The molecule has 2 heterocycles. The van der Waals surface area contributed by atoms with Crippen LogP contribution in [0.2, 0.25) is 0 Å². The Hall–Kier alpha value is -3.62. The number of para-hydroxylation sites is 4. The van der Waals surface area contributed by atoms with Gasteiger partial charge in [-0.15, -0.1) is 0 Å². The predicted molar refractivity (Wildman–Crippen MR) is 151 cm³/mol. The minimum absolute atomic E-state index is 0. The molecule has 0 aliphatic carbocycles. The molecule has 7 nitrogen and oxygen atoms in total. The quantitative estimate of drug-likeness (QED) is 0.288. The van der Waals surface area contributed by atoms with Gasteiger partial charge in [0.2, 0.25) is 5.95 Å². The van der Waals surface area contributed by atoms with Crippen molar-refractivity contribution in [3.63, 3.8) is 0 Å². The third kappa shape index (κ3) is 6.39. The van der Waals surface area contributed by atoms with Crippen molar-refractivity contribution in [3.05, 3.63) is 84.2 Å². The van der Waals surface area contributed by atoms with E-state index in [0.717, 1.165) is 73.9 Å². The first-order chi connectivity index (χ1) is 17.7. The van der Waals surface area contributed by atoms with Gasteiger partial charge in [-0.25, -0.2) is 9.37 Å². The fraction of sp³-hybridized carbons (Fsp3) is 0.345. The summed E-state index contributed by atoms with van der Waals surface area (Å²) in [6.45, 7) is 7.49. The monoisotopic (exact) mass is 504 g/mol. The summed E-state index contributed by atoms with van der Waals surface area (Å²) < 4.78 is 16.5. The largest absolute Gasteiger partial charge is 0.412 e. The van der Waals surface area contributed by atoms with Crippen LogP contribution in [0.4, 0.5) is 21.7 Å². The smallest absolute Gasteiger partial charge is 0.204 e. The molecule has 1 aliphatic rings. The summed E-state index contributed by atoms with van der Waals surface area (Å²) in [5.74, 6) is 0.635. The highest BCUT2D eigenvalue weighted by Crippen LogP contribution is 2.25. The van der Waals surface area contributed by atoms with Crippen LogP contribution in [0.15, 0.2) is 72.8 Å². The maximum atomic E-state index is 14.4. The number of likely N-dealkylation sites (tertiary alicyclic amines) is 1. The molecule has 196 valence electrons. The number of nitrogens with zero attached hydrogens (tertiary/aromatic N) is 3. The topological polar surface area (TPSA) is 88.7 Å². The van der Waals surface area contributed by atoms with Gasteiger partial charge in [-0.05, 0) is 50.1 Å². The molecule has 0 amide bonds. The maximum absolute atomic E-state index is 14.4. The minimum atomic E-state index is -0.184. The van der Waals surface area contributed by atoms with Crippen LogP contribution in [-0.4, -0.2) is 58.7 Å². The molecule has 0 unspecified atom stereocenters. The average Bonchev–Trinajstić information content (AvgIpc) is 3.24. The van der Waals surface area contributed by atoms with Crippen LogP contribution in [-0.2, 0) is 6.54 Å². The van der Waals surface area contributed by atoms with Gasteiger partial charge in [0.05, 0.1) is 29.0 Å². The zero-order valence-corrected chi connectivity index (χ0v) is 21.4. The molecule has 0 radical (unpaired) electrons. The summed E-state index contributed by atoms with van der Waals surface area (Å²) in [4.78, 5) is 7.38. The van der Waals surface area contributed by atoms with Gasteiger partial charge in [0.15, 0.2) is 0 Å². The second-order valence-electron chi connectivity index (χ2n) is 9.36. The van der Waals surface area contributed by atoms with E-state index < -0.39 is 0 Å². The molecule has 1 aliphatic heterocycles. The van der Waals surface area contributed by atoms with Crippen LogP contribution in [0, 0.1) is 5.82 Å².